The van der Waals surface area contributed by atoms with Crippen molar-refractivity contribution in [2.24, 2.45) is 0 Å². The summed E-state index contributed by atoms with van der Waals surface area (Å²) in [7, 11) is 1.36. The van der Waals surface area contributed by atoms with Crippen LogP contribution in [0.4, 0.5) is 0 Å². The molecule has 1 amide bonds. The molecule has 1 saturated heterocycles. The summed E-state index contributed by atoms with van der Waals surface area (Å²) < 4.78 is 19.0. The Labute approximate surface area is 259 Å². The Balaban J connectivity index is 1.36. The van der Waals surface area contributed by atoms with Gasteiger partial charge in [0, 0.05) is 29.4 Å². The number of benzene rings is 3. The first-order valence-electron chi connectivity index (χ1n) is 15.0. The van der Waals surface area contributed by atoms with Crippen LogP contribution in [-0.2, 0) is 15.9 Å². The summed E-state index contributed by atoms with van der Waals surface area (Å²) in [6.07, 6.45) is 6.72. The maximum Gasteiger partial charge on any atom is 0.337 e. The Morgan fingerprint density at radius 2 is 1.76 bits per heavy atom. The van der Waals surface area contributed by atoms with Gasteiger partial charge in [0.1, 0.15) is 0 Å². The Hall–Kier alpha value is -5.35. The zero-order valence-electron chi connectivity index (χ0n) is 24.7. The van der Waals surface area contributed by atoms with E-state index in [0.717, 1.165) is 47.2 Å². The first kappa shape index (κ1) is 28.4. The number of fused-ring (bicyclic) bond motifs is 1. The number of nitrogens with zero attached hydrogens (tertiary/aromatic N) is 4. The maximum atomic E-state index is 13.2. The molecule has 0 bridgehead atoms. The molecule has 0 spiro atoms. The Bertz CT molecular complexity index is 1870. The zero-order chi connectivity index (χ0) is 30.8. The second-order valence-electron chi connectivity index (χ2n) is 11.0. The smallest absolute Gasteiger partial charge is 0.337 e. The summed E-state index contributed by atoms with van der Waals surface area (Å²) in [5.41, 5.74) is 5.97. The van der Waals surface area contributed by atoms with Crippen LogP contribution in [0.25, 0.3) is 34.7 Å². The number of methoxy groups -OCH3 is 1. The SMILES string of the molecule is COC(=O)c1ccc(-c2c(C3Cc4ccccc4C(=O)N3)nn(C3CCCCO3)c2/C=C/c2nnc(-c3ccccc3)o2)cc1. The summed E-state index contributed by atoms with van der Waals surface area (Å²) in [6.45, 7) is 0.629. The van der Waals surface area contributed by atoms with E-state index in [9.17, 15) is 9.59 Å². The number of hydrogen-bond donors (Lipinski definition) is 1. The van der Waals surface area contributed by atoms with Crippen molar-refractivity contribution in [1.82, 2.24) is 25.3 Å². The number of carbonyl (C=O) groups excluding carboxylic acids is 2. The minimum Gasteiger partial charge on any atom is -0.465 e. The fourth-order valence-corrected chi connectivity index (χ4v) is 5.93. The fourth-order valence-electron chi connectivity index (χ4n) is 5.93. The van der Waals surface area contributed by atoms with Crippen molar-refractivity contribution >= 4 is 24.0 Å². The van der Waals surface area contributed by atoms with Gasteiger partial charge in [0.05, 0.1) is 30.1 Å². The Morgan fingerprint density at radius 3 is 2.53 bits per heavy atom. The molecule has 226 valence electrons. The number of ether oxygens (including phenoxy) is 2. The topological polar surface area (TPSA) is 121 Å². The molecule has 1 N–H and O–H groups in total. The number of hydrogen-bond acceptors (Lipinski definition) is 8. The average Bonchev–Trinajstić information content (AvgIpc) is 3.73. The normalized spacial score (nSPS) is 18.0. The van der Waals surface area contributed by atoms with Gasteiger partial charge in [-0.15, -0.1) is 10.2 Å². The number of aromatic nitrogens is 4. The molecule has 10 heteroatoms. The molecule has 0 radical (unpaired) electrons. The van der Waals surface area contributed by atoms with Crippen molar-refractivity contribution in [1.29, 1.82) is 0 Å². The van der Waals surface area contributed by atoms with E-state index in [4.69, 9.17) is 19.0 Å². The van der Waals surface area contributed by atoms with Gasteiger partial charge in [-0.1, -0.05) is 48.5 Å². The standard InChI is InChI=1S/C35H31N5O5/c1-43-35(42)24-16-14-22(15-17-24)31-28(18-19-29-37-38-34(45-29)23-9-3-2-4-10-23)40(30-13-7-8-20-44-30)39-32(31)27-21-25-11-5-6-12-26(25)33(41)36-27/h2-6,9-12,14-19,27,30H,7-8,13,20-21H2,1H3,(H,36,41)/b19-18+. The molecule has 2 aliphatic rings. The van der Waals surface area contributed by atoms with Gasteiger partial charge in [-0.2, -0.15) is 5.10 Å². The molecule has 3 aromatic carbocycles. The highest BCUT2D eigenvalue weighted by Crippen LogP contribution is 2.39. The van der Waals surface area contributed by atoms with Crippen molar-refractivity contribution in [2.75, 3.05) is 13.7 Å². The average molecular weight is 602 g/mol. The van der Waals surface area contributed by atoms with Gasteiger partial charge in [0.2, 0.25) is 11.8 Å². The van der Waals surface area contributed by atoms with Gasteiger partial charge in [0.25, 0.3) is 5.91 Å². The molecule has 2 aromatic heterocycles. The minimum atomic E-state index is -0.421. The molecule has 45 heavy (non-hydrogen) atoms. The van der Waals surface area contributed by atoms with E-state index < -0.39 is 12.0 Å². The third kappa shape index (κ3) is 5.67. The number of carbonyl (C=O) groups is 2. The lowest BCUT2D eigenvalue weighted by Gasteiger charge is -2.25. The highest BCUT2D eigenvalue weighted by molar-refractivity contribution is 5.97. The summed E-state index contributed by atoms with van der Waals surface area (Å²) in [4.78, 5) is 25.5. The number of amides is 1. The summed E-state index contributed by atoms with van der Waals surface area (Å²) in [5, 5.41) is 16.8. The molecule has 4 heterocycles. The molecule has 0 saturated carbocycles. The third-order valence-corrected chi connectivity index (χ3v) is 8.16. The van der Waals surface area contributed by atoms with Crippen LogP contribution in [0.15, 0.2) is 83.3 Å². The van der Waals surface area contributed by atoms with Crippen molar-refractivity contribution in [2.45, 2.75) is 38.0 Å². The maximum absolute atomic E-state index is 13.2. The van der Waals surface area contributed by atoms with Crippen LogP contribution >= 0.6 is 0 Å². The summed E-state index contributed by atoms with van der Waals surface area (Å²) in [6, 6.07) is 24.0. The highest BCUT2D eigenvalue weighted by Gasteiger charge is 2.33. The van der Waals surface area contributed by atoms with E-state index in [2.05, 4.69) is 15.5 Å². The van der Waals surface area contributed by atoms with Crippen LogP contribution in [0, 0.1) is 0 Å². The predicted molar refractivity (Wildman–Crippen MR) is 167 cm³/mol. The van der Waals surface area contributed by atoms with Gasteiger partial charge in [-0.05, 0) is 73.2 Å². The van der Waals surface area contributed by atoms with E-state index in [-0.39, 0.29) is 12.1 Å². The lowest BCUT2D eigenvalue weighted by atomic mass is 9.90. The van der Waals surface area contributed by atoms with Crippen molar-refractivity contribution in [3.8, 4) is 22.6 Å². The second kappa shape index (κ2) is 12.3. The summed E-state index contributed by atoms with van der Waals surface area (Å²) >= 11 is 0. The van der Waals surface area contributed by atoms with Crippen LogP contribution < -0.4 is 5.32 Å². The van der Waals surface area contributed by atoms with E-state index in [1.54, 1.807) is 18.2 Å². The molecule has 7 rings (SSSR count). The first-order chi connectivity index (χ1) is 22.1. The van der Waals surface area contributed by atoms with Crippen LogP contribution in [0.3, 0.4) is 0 Å². The van der Waals surface area contributed by atoms with E-state index in [1.807, 2.05) is 77.5 Å². The van der Waals surface area contributed by atoms with Gasteiger partial charge < -0.3 is 19.2 Å². The quantitative estimate of drug-likeness (QED) is 0.216. The van der Waals surface area contributed by atoms with Crippen LogP contribution in [-0.4, -0.2) is 45.6 Å². The van der Waals surface area contributed by atoms with Gasteiger partial charge in [0.15, 0.2) is 6.23 Å². The monoisotopic (exact) mass is 601 g/mol. The molecule has 0 aliphatic carbocycles. The molecular formula is C35H31N5O5. The first-order valence-corrected chi connectivity index (χ1v) is 15.0. The molecule has 2 aliphatic heterocycles. The summed E-state index contributed by atoms with van der Waals surface area (Å²) in [5.74, 6) is 0.186. The molecule has 10 nitrogen and oxygen atoms in total. The van der Waals surface area contributed by atoms with Crippen molar-refractivity contribution in [3.63, 3.8) is 0 Å². The Kier molecular flexibility index (Phi) is 7.79. The molecule has 5 aromatic rings. The zero-order valence-corrected chi connectivity index (χ0v) is 24.7. The minimum absolute atomic E-state index is 0.145. The highest BCUT2D eigenvalue weighted by atomic mass is 16.5. The number of nitrogens with one attached hydrogen (secondary N) is 1. The van der Waals surface area contributed by atoms with E-state index >= 15 is 0 Å². The number of rotatable bonds is 7. The van der Waals surface area contributed by atoms with Gasteiger partial charge >= 0.3 is 5.97 Å². The molecule has 2 atom stereocenters. The second-order valence-corrected chi connectivity index (χ2v) is 11.0. The van der Waals surface area contributed by atoms with E-state index in [0.29, 0.717) is 41.6 Å². The van der Waals surface area contributed by atoms with Crippen molar-refractivity contribution in [3.05, 3.63) is 113 Å². The fraction of sp³-hybridized carbons (Fsp3) is 0.229. The molecule has 1 fully saturated rings. The largest absolute Gasteiger partial charge is 0.465 e. The van der Waals surface area contributed by atoms with E-state index in [1.165, 1.54) is 7.11 Å². The van der Waals surface area contributed by atoms with Crippen LogP contribution in [0.2, 0.25) is 0 Å². The third-order valence-electron chi connectivity index (χ3n) is 8.16. The predicted octanol–water partition coefficient (Wildman–Crippen LogP) is 6.28. The molecular weight excluding hydrogens is 570 g/mol. The van der Waals surface area contributed by atoms with Crippen molar-refractivity contribution < 1.29 is 23.5 Å². The van der Waals surface area contributed by atoms with Gasteiger partial charge in [-0.25, -0.2) is 9.48 Å². The lowest BCUT2D eigenvalue weighted by molar-refractivity contribution is -0.0400. The van der Waals surface area contributed by atoms with Crippen LogP contribution in [0.5, 0.6) is 0 Å². The number of esters is 1. The molecule has 2 unspecified atom stereocenters. The van der Waals surface area contributed by atoms with Gasteiger partial charge in [-0.3, -0.25) is 4.79 Å². The van der Waals surface area contributed by atoms with Crippen LogP contribution in [0.1, 0.15) is 75.1 Å². The lowest BCUT2D eigenvalue weighted by Crippen LogP contribution is -2.36. The Morgan fingerprint density at radius 1 is 0.956 bits per heavy atom.